The first kappa shape index (κ1) is 23.1. The lowest BCUT2D eigenvalue weighted by atomic mass is 9.91. The molecule has 1 amide bonds. The largest absolute Gasteiger partial charge is 0.508 e. The molecular formula is C19H18N2O10S. The molecule has 3 atom stereocenters. The summed E-state index contributed by atoms with van der Waals surface area (Å²) in [4.78, 5) is 59.6. The van der Waals surface area contributed by atoms with Crippen LogP contribution in [0, 0.1) is 16.0 Å². The number of nitro benzene ring substituents is 1. The molecule has 0 spiro atoms. The van der Waals surface area contributed by atoms with E-state index in [0.717, 1.165) is 16.7 Å². The second-order valence-electron chi connectivity index (χ2n) is 6.73. The Morgan fingerprint density at radius 2 is 1.94 bits per heavy atom. The topological polar surface area (TPSA) is 163 Å². The van der Waals surface area contributed by atoms with Gasteiger partial charge < -0.3 is 19.3 Å². The third-order valence-corrected chi connectivity index (χ3v) is 5.88. The maximum Gasteiger partial charge on any atom is 0.508 e. The fraction of sp³-hybridized carbons (Fsp3) is 0.368. The van der Waals surface area contributed by atoms with E-state index >= 15 is 0 Å². The van der Waals surface area contributed by atoms with Crippen LogP contribution in [-0.4, -0.2) is 56.2 Å². The fourth-order valence-electron chi connectivity index (χ4n) is 3.24. The van der Waals surface area contributed by atoms with Crippen LogP contribution in [0.25, 0.3) is 0 Å². The van der Waals surface area contributed by atoms with Crippen LogP contribution in [-0.2, 0) is 35.2 Å². The Morgan fingerprint density at radius 3 is 2.50 bits per heavy atom. The first-order valence-corrected chi connectivity index (χ1v) is 10.2. The highest BCUT2D eigenvalue weighted by Gasteiger charge is 2.59. The minimum atomic E-state index is -1.48. The van der Waals surface area contributed by atoms with E-state index in [2.05, 4.69) is 0 Å². The van der Waals surface area contributed by atoms with Crippen molar-refractivity contribution < 1.29 is 43.4 Å². The van der Waals surface area contributed by atoms with Crippen LogP contribution >= 0.6 is 11.8 Å². The van der Waals surface area contributed by atoms with Gasteiger partial charge in [0.1, 0.15) is 24.0 Å². The number of hydrogen-bond donors (Lipinski definition) is 1. The first-order chi connectivity index (χ1) is 15.1. The van der Waals surface area contributed by atoms with Crippen molar-refractivity contribution in [3.05, 3.63) is 51.4 Å². The Hall–Kier alpha value is -3.61. The van der Waals surface area contributed by atoms with Crippen molar-refractivity contribution in [2.75, 3.05) is 6.61 Å². The third-order valence-electron chi connectivity index (χ3n) is 4.74. The van der Waals surface area contributed by atoms with Crippen molar-refractivity contribution >= 4 is 40.6 Å². The van der Waals surface area contributed by atoms with Crippen molar-refractivity contribution in [2.24, 2.45) is 5.92 Å². The van der Waals surface area contributed by atoms with Gasteiger partial charge in [-0.2, -0.15) is 0 Å². The van der Waals surface area contributed by atoms with Gasteiger partial charge in [-0.1, -0.05) is 11.8 Å². The molecule has 2 aliphatic heterocycles. The van der Waals surface area contributed by atoms with Crippen LogP contribution in [0.15, 0.2) is 35.7 Å². The number of aliphatic carboxylic acids is 1. The van der Waals surface area contributed by atoms with E-state index in [0.29, 0.717) is 5.56 Å². The number of hydrogen-bond acceptors (Lipinski definition) is 10. The summed E-state index contributed by atoms with van der Waals surface area (Å²) in [5.41, 5.74) is -0.158. The fourth-order valence-corrected chi connectivity index (χ4v) is 4.52. The molecule has 2 heterocycles. The molecule has 3 rings (SSSR count). The molecular weight excluding hydrogens is 448 g/mol. The second kappa shape index (κ2) is 9.26. The smallest absolute Gasteiger partial charge is 0.487 e. The number of carbonyl (C=O) groups excluding carboxylic acids is 3. The molecule has 1 aromatic rings. The zero-order valence-electron chi connectivity index (χ0n) is 16.9. The lowest BCUT2D eigenvalue weighted by Gasteiger charge is -2.49. The van der Waals surface area contributed by atoms with E-state index in [1.165, 1.54) is 31.2 Å². The Labute approximate surface area is 185 Å². The summed E-state index contributed by atoms with van der Waals surface area (Å²) in [6, 6.07) is 5.36. The molecule has 1 saturated heterocycles. The number of ether oxygens (including phenoxy) is 3. The van der Waals surface area contributed by atoms with Gasteiger partial charge in [0, 0.05) is 12.1 Å². The molecule has 32 heavy (non-hydrogen) atoms. The number of carboxylic acid groups (broad SMARTS) is 1. The molecule has 12 nitrogen and oxygen atoms in total. The highest BCUT2D eigenvalue weighted by Crippen LogP contribution is 2.46. The van der Waals surface area contributed by atoms with E-state index in [-0.39, 0.29) is 18.9 Å². The lowest BCUT2D eigenvalue weighted by Crippen LogP contribution is -2.65. The van der Waals surface area contributed by atoms with Crippen molar-refractivity contribution in [3.8, 4) is 0 Å². The minimum absolute atomic E-state index is 0.0503. The van der Waals surface area contributed by atoms with Gasteiger partial charge in [-0.25, -0.2) is 9.59 Å². The Morgan fingerprint density at radius 1 is 1.28 bits per heavy atom. The van der Waals surface area contributed by atoms with Gasteiger partial charge in [0.2, 0.25) is 11.7 Å². The maximum absolute atomic E-state index is 12.6. The Kier molecular flexibility index (Phi) is 6.67. The van der Waals surface area contributed by atoms with Gasteiger partial charge in [-0.15, -0.1) is 0 Å². The summed E-state index contributed by atoms with van der Waals surface area (Å²) in [6.45, 7) is 2.85. The van der Waals surface area contributed by atoms with Crippen molar-refractivity contribution in [3.63, 3.8) is 0 Å². The molecule has 0 unspecified atom stereocenters. The molecule has 1 N–H and O–H groups in total. The molecule has 2 aliphatic rings. The van der Waals surface area contributed by atoms with Crippen molar-refractivity contribution in [1.29, 1.82) is 0 Å². The summed E-state index contributed by atoms with van der Waals surface area (Å²) in [7, 11) is 0. The number of fused-ring (bicyclic) bond motifs is 1. The van der Waals surface area contributed by atoms with Gasteiger partial charge >= 0.3 is 12.1 Å². The zero-order valence-corrected chi connectivity index (χ0v) is 17.7. The zero-order chi connectivity index (χ0) is 23.6. The first-order valence-electron chi connectivity index (χ1n) is 9.36. The van der Waals surface area contributed by atoms with Crippen molar-refractivity contribution in [2.45, 2.75) is 31.9 Å². The number of nitrogens with zero attached hydrogens (tertiary/aromatic N) is 2. The predicted molar refractivity (Wildman–Crippen MR) is 107 cm³/mol. The monoisotopic (exact) mass is 466 g/mol. The number of thioether (sulfide) groups is 1. The number of amides is 1. The molecule has 0 bridgehead atoms. The average Bonchev–Trinajstić information content (AvgIpc) is 2.73. The molecule has 0 aromatic heterocycles. The van der Waals surface area contributed by atoms with E-state index in [1.54, 1.807) is 6.92 Å². The van der Waals surface area contributed by atoms with Crippen LogP contribution < -0.4 is 0 Å². The summed E-state index contributed by atoms with van der Waals surface area (Å²) in [5, 5.41) is 18.6. The number of carboxylic acids is 1. The number of benzene rings is 1. The quantitative estimate of drug-likeness (QED) is 0.258. The van der Waals surface area contributed by atoms with Gasteiger partial charge in [-0.05, 0) is 31.5 Å². The number of rotatable bonds is 8. The third kappa shape index (κ3) is 4.37. The van der Waals surface area contributed by atoms with E-state index < -0.39 is 56.9 Å². The number of carbonyl (C=O) groups is 4. The van der Waals surface area contributed by atoms with Crippen LogP contribution in [0.5, 0.6) is 0 Å². The molecule has 0 saturated carbocycles. The molecule has 1 aromatic carbocycles. The molecule has 13 heteroatoms. The normalized spacial score (nSPS) is 20.8. The van der Waals surface area contributed by atoms with Crippen LogP contribution in [0.3, 0.4) is 0 Å². The molecule has 0 radical (unpaired) electrons. The SMILES string of the molecule is CCOC1=C(C(=O)O)N2C(=O)[C@H]([C@@H](C)OC(=O)OCc3ccc([N+](=O)[O-])cc3)[C@@H]2SC1=O. The van der Waals surface area contributed by atoms with Gasteiger partial charge in [0.05, 0.1) is 11.5 Å². The van der Waals surface area contributed by atoms with Gasteiger partial charge in [-0.3, -0.25) is 24.6 Å². The van der Waals surface area contributed by atoms with E-state index in [4.69, 9.17) is 14.2 Å². The minimum Gasteiger partial charge on any atom is -0.487 e. The highest BCUT2D eigenvalue weighted by molar-refractivity contribution is 8.14. The molecule has 1 fully saturated rings. The number of non-ortho nitro benzene ring substituents is 1. The number of β-lactam (4-membered cyclic amide) rings is 1. The maximum atomic E-state index is 12.6. The summed E-state index contributed by atoms with van der Waals surface area (Å²) in [6.07, 6.45) is -2.09. The standard InChI is InChI=1S/C19H18N2O10S/c1-3-29-14-13(17(23)24)20-15(22)12(16(20)32-18(14)25)9(2)31-19(26)30-8-10-4-6-11(7-5-10)21(27)28/h4-7,9,12,16H,3,8H2,1-2H3,(H,23,24)/t9-,12+,16+/m1/s1. The van der Waals surface area contributed by atoms with Gasteiger partial charge in [0.15, 0.2) is 5.70 Å². The summed E-state index contributed by atoms with van der Waals surface area (Å²) in [5.74, 6) is -3.45. The average molecular weight is 466 g/mol. The summed E-state index contributed by atoms with van der Waals surface area (Å²) >= 11 is 0.719. The van der Waals surface area contributed by atoms with Crippen LogP contribution in [0.2, 0.25) is 0 Å². The van der Waals surface area contributed by atoms with Crippen molar-refractivity contribution in [1.82, 2.24) is 4.90 Å². The lowest BCUT2D eigenvalue weighted by molar-refractivity contribution is -0.384. The molecule has 0 aliphatic carbocycles. The Balaban J connectivity index is 1.61. The van der Waals surface area contributed by atoms with E-state index in [9.17, 15) is 34.4 Å². The second-order valence-corrected chi connectivity index (χ2v) is 7.82. The number of nitro groups is 1. The molecule has 170 valence electrons. The predicted octanol–water partition coefficient (Wildman–Crippen LogP) is 2.03. The highest BCUT2D eigenvalue weighted by atomic mass is 32.2. The Bertz CT molecular complexity index is 1010. The summed E-state index contributed by atoms with van der Waals surface area (Å²) < 4.78 is 15.2. The van der Waals surface area contributed by atoms with Crippen LogP contribution in [0.1, 0.15) is 19.4 Å². The van der Waals surface area contributed by atoms with E-state index in [1.807, 2.05) is 0 Å². The van der Waals surface area contributed by atoms with Crippen LogP contribution in [0.4, 0.5) is 10.5 Å². The van der Waals surface area contributed by atoms with Gasteiger partial charge in [0.25, 0.3) is 10.8 Å².